The Balaban J connectivity index is 1.72. The number of fused-ring (bicyclic) bond motifs is 1. The Labute approximate surface area is 165 Å². The molecule has 0 amide bonds. The number of rotatable bonds is 3. The summed E-state index contributed by atoms with van der Waals surface area (Å²) >= 11 is 0. The molecule has 1 aromatic carbocycles. The molecule has 2 heterocycles. The molecule has 5 nitrogen and oxygen atoms in total. The number of carbonyl (C=O) groups excluding carboxylic acids is 1. The van der Waals surface area contributed by atoms with Crippen molar-refractivity contribution in [3.63, 3.8) is 0 Å². The van der Waals surface area contributed by atoms with E-state index in [9.17, 15) is 4.79 Å². The van der Waals surface area contributed by atoms with Gasteiger partial charge in [-0.25, -0.2) is 0 Å². The van der Waals surface area contributed by atoms with Crippen LogP contribution in [0.25, 0.3) is 0 Å². The average molecular weight is 381 g/mol. The van der Waals surface area contributed by atoms with E-state index in [2.05, 4.69) is 30.2 Å². The van der Waals surface area contributed by atoms with Gasteiger partial charge in [0.15, 0.2) is 11.5 Å². The maximum Gasteiger partial charge on any atom is 0.166 e. The maximum absolute atomic E-state index is 12.8. The van der Waals surface area contributed by atoms with Crippen LogP contribution < -0.4 is 9.47 Å². The first-order valence-corrected chi connectivity index (χ1v) is 10.3. The molecular weight excluding hydrogens is 354 g/mol. The van der Waals surface area contributed by atoms with Crippen molar-refractivity contribution in [1.82, 2.24) is 4.90 Å². The quantitative estimate of drug-likeness (QED) is 0.753. The summed E-state index contributed by atoms with van der Waals surface area (Å²) in [6.45, 7) is 2.74. The van der Waals surface area contributed by atoms with Crippen LogP contribution in [0.3, 0.4) is 0 Å². The third-order valence-corrected chi connectivity index (χ3v) is 8.77. The van der Waals surface area contributed by atoms with Gasteiger partial charge >= 0.3 is 0 Å². The molecule has 4 bridgehead atoms. The number of nitrogens with zero attached hydrogens (tertiary/aromatic N) is 1. The van der Waals surface area contributed by atoms with Crippen molar-refractivity contribution in [3.05, 3.63) is 35.4 Å². The zero-order valence-electron chi connectivity index (χ0n) is 17.0. The third-order valence-electron chi connectivity index (χ3n) is 8.77. The Hall–Kier alpha value is -1.85. The second-order valence-corrected chi connectivity index (χ2v) is 9.35. The fourth-order valence-corrected chi connectivity index (χ4v) is 7.67. The van der Waals surface area contributed by atoms with Crippen molar-refractivity contribution < 1.29 is 19.0 Å². The van der Waals surface area contributed by atoms with Gasteiger partial charge in [0.25, 0.3) is 0 Å². The Morgan fingerprint density at radius 3 is 2.82 bits per heavy atom. The van der Waals surface area contributed by atoms with Crippen LogP contribution in [-0.2, 0) is 21.4 Å². The molecule has 148 valence electrons. The molecule has 0 radical (unpaired) electrons. The maximum atomic E-state index is 12.8. The molecule has 6 atom stereocenters. The lowest BCUT2D eigenvalue weighted by atomic mass is 9.37. The van der Waals surface area contributed by atoms with Crippen LogP contribution in [-0.4, -0.2) is 56.2 Å². The highest BCUT2D eigenvalue weighted by Crippen LogP contribution is 2.74. The number of hydrogen-bond donors (Lipinski definition) is 0. The molecule has 1 saturated carbocycles. The van der Waals surface area contributed by atoms with E-state index in [1.54, 1.807) is 21.1 Å². The zero-order valence-corrected chi connectivity index (χ0v) is 17.0. The average Bonchev–Trinajstić information content (AvgIpc) is 3.07. The van der Waals surface area contributed by atoms with Crippen LogP contribution in [0, 0.1) is 11.3 Å². The number of piperidine rings is 1. The van der Waals surface area contributed by atoms with E-state index in [1.165, 1.54) is 11.1 Å². The van der Waals surface area contributed by atoms with Crippen LogP contribution in [0.4, 0.5) is 0 Å². The number of carbonyl (C=O) groups is 1. The molecule has 0 N–H and O–H groups in total. The molecule has 0 unspecified atom stereocenters. The molecule has 1 saturated heterocycles. The Kier molecular flexibility index (Phi) is 3.05. The van der Waals surface area contributed by atoms with Crippen LogP contribution >= 0.6 is 0 Å². The van der Waals surface area contributed by atoms with E-state index in [0.29, 0.717) is 6.04 Å². The topological polar surface area (TPSA) is 48.0 Å². The fraction of sp³-hybridized carbons (Fsp3) is 0.609. The predicted octanol–water partition coefficient (Wildman–Crippen LogP) is 2.50. The molecule has 5 heteroatoms. The van der Waals surface area contributed by atoms with E-state index < -0.39 is 5.60 Å². The number of likely N-dealkylation sites (tertiary alicyclic amines) is 1. The Bertz CT molecular complexity index is 941. The SMILES string of the molecule is COc1ccc2c3c1O[C@H]1[C@@]4(OC)C=C[C@]5(C[C@H]4C(C)=O)[C@@H](C2)N(C)CC[C@]315. The normalized spacial score (nSPS) is 44.2. The highest BCUT2D eigenvalue weighted by Gasteiger charge is 2.79. The first kappa shape index (κ1) is 17.0. The molecule has 28 heavy (non-hydrogen) atoms. The van der Waals surface area contributed by atoms with E-state index in [4.69, 9.17) is 14.2 Å². The molecule has 4 aliphatic carbocycles. The first-order valence-electron chi connectivity index (χ1n) is 10.3. The summed E-state index contributed by atoms with van der Waals surface area (Å²) in [7, 11) is 5.67. The monoisotopic (exact) mass is 381 g/mol. The summed E-state index contributed by atoms with van der Waals surface area (Å²) in [5.74, 6) is 1.68. The fourth-order valence-electron chi connectivity index (χ4n) is 7.67. The van der Waals surface area contributed by atoms with E-state index in [0.717, 1.165) is 37.3 Å². The van der Waals surface area contributed by atoms with Gasteiger partial charge in [0, 0.05) is 24.1 Å². The highest BCUT2D eigenvalue weighted by molar-refractivity contribution is 5.82. The second kappa shape index (κ2) is 5.00. The minimum Gasteiger partial charge on any atom is -0.493 e. The van der Waals surface area contributed by atoms with Crippen molar-refractivity contribution in [1.29, 1.82) is 0 Å². The van der Waals surface area contributed by atoms with Gasteiger partial charge in [0.05, 0.1) is 18.4 Å². The van der Waals surface area contributed by atoms with Crippen LogP contribution in [0.15, 0.2) is 24.3 Å². The second-order valence-electron chi connectivity index (χ2n) is 9.35. The summed E-state index contributed by atoms with van der Waals surface area (Å²) in [6, 6.07) is 4.62. The lowest BCUT2D eigenvalue weighted by Gasteiger charge is -2.70. The van der Waals surface area contributed by atoms with Crippen LogP contribution in [0.2, 0.25) is 0 Å². The van der Waals surface area contributed by atoms with Gasteiger partial charge in [0.2, 0.25) is 0 Å². The zero-order chi connectivity index (χ0) is 19.5. The van der Waals surface area contributed by atoms with Gasteiger partial charge in [-0.3, -0.25) is 4.79 Å². The molecule has 2 aliphatic heterocycles. The third kappa shape index (κ3) is 1.49. The molecule has 7 rings (SSSR count). The van der Waals surface area contributed by atoms with Crippen molar-refractivity contribution in [3.8, 4) is 11.5 Å². The minimum absolute atomic E-state index is 0.105. The molecule has 1 aromatic rings. The number of likely N-dealkylation sites (N-methyl/N-ethyl adjacent to an activating group) is 1. The number of ketones is 1. The summed E-state index contributed by atoms with van der Waals surface area (Å²) in [6.07, 6.45) is 7.19. The van der Waals surface area contributed by atoms with Crippen molar-refractivity contribution in [2.45, 2.75) is 49.3 Å². The van der Waals surface area contributed by atoms with Crippen LogP contribution in [0.1, 0.15) is 30.9 Å². The summed E-state index contributed by atoms with van der Waals surface area (Å²) in [5.41, 5.74) is 1.72. The van der Waals surface area contributed by atoms with E-state index >= 15 is 0 Å². The first-order chi connectivity index (χ1) is 13.4. The molecule has 6 aliphatic rings. The van der Waals surface area contributed by atoms with E-state index in [1.807, 2.05) is 6.07 Å². The van der Waals surface area contributed by atoms with Gasteiger partial charge in [-0.1, -0.05) is 18.2 Å². The summed E-state index contributed by atoms with van der Waals surface area (Å²) < 4.78 is 18.7. The number of methoxy groups -OCH3 is 2. The number of ether oxygens (including phenoxy) is 3. The molecule has 2 spiro atoms. The highest BCUT2D eigenvalue weighted by atomic mass is 16.6. The Morgan fingerprint density at radius 1 is 1.29 bits per heavy atom. The number of Topliss-reactive ketones (excluding diaryl/α,β-unsaturated/α-hetero) is 1. The molecule has 2 fully saturated rings. The Morgan fingerprint density at radius 2 is 2.11 bits per heavy atom. The number of hydrogen-bond acceptors (Lipinski definition) is 5. The van der Waals surface area contributed by atoms with Gasteiger partial charge in [-0.2, -0.15) is 0 Å². The van der Waals surface area contributed by atoms with Gasteiger partial charge in [-0.05, 0) is 51.4 Å². The van der Waals surface area contributed by atoms with Gasteiger partial charge < -0.3 is 19.1 Å². The lowest BCUT2D eigenvalue weighted by Crippen LogP contribution is -2.79. The van der Waals surface area contributed by atoms with E-state index in [-0.39, 0.29) is 28.6 Å². The van der Waals surface area contributed by atoms with Gasteiger partial charge in [0.1, 0.15) is 17.5 Å². The van der Waals surface area contributed by atoms with Crippen molar-refractivity contribution in [2.75, 3.05) is 27.8 Å². The van der Waals surface area contributed by atoms with Crippen molar-refractivity contribution in [2.24, 2.45) is 11.3 Å². The standard InChI is InChI=1S/C23H27NO4/c1-13(25)15-12-21-7-8-23(15,27-4)20-22(21)9-10-24(2)17(21)11-14-5-6-16(26-3)19(28-20)18(14)22/h5-8,15,17,20H,9-12H2,1-4H3/t15-,17+,20+,21-,22-,23+/m0/s1. The van der Waals surface area contributed by atoms with Crippen molar-refractivity contribution >= 4 is 5.78 Å². The molecular formula is C23H27NO4. The summed E-state index contributed by atoms with van der Waals surface area (Å²) in [5, 5.41) is 0. The molecule has 0 aromatic heterocycles. The minimum atomic E-state index is -0.716. The number of benzene rings is 1. The smallest absolute Gasteiger partial charge is 0.166 e. The lowest BCUT2D eigenvalue weighted by molar-refractivity contribution is -0.212. The van der Waals surface area contributed by atoms with Crippen LogP contribution in [0.5, 0.6) is 11.5 Å². The largest absolute Gasteiger partial charge is 0.493 e. The summed E-state index contributed by atoms with van der Waals surface area (Å²) in [4.78, 5) is 15.3. The predicted molar refractivity (Wildman–Crippen MR) is 104 cm³/mol. The van der Waals surface area contributed by atoms with Gasteiger partial charge in [-0.15, -0.1) is 0 Å².